The highest BCUT2D eigenvalue weighted by Gasteiger charge is 2.25. The van der Waals surface area contributed by atoms with Crippen molar-refractivity contribution in [1.82, 2.24) is 14.8 Å². The van der Waals surface area contributed by atoms with Crippen molar-refractivity contribution in [3.05, 3.63) is 47.8 Å². The molecule has 0 radical (unpaired) electrons. The first-order chi connectivity index (χ1) is 14.4. The molecule has 4 rings (SSSR count). The summed E-state index contributed by atoms with van der Waals surface area (Å²) in [4.78, 5) is 32.1. The van der Waals surface area contributed by atoms with Crippen LogP contribution in [0.4, 0.5) is 11.4 Å². The van der Waals surface area contributed by atoms with Crippen LogP contribution in [0.25, 0.3) is 11.0 Å². The second kappa shape index (κ2) is 7.89. The fraction of sp³-hybridized carbons (Fsp3) is 0.391. The number of carbonyl (C=O) groups excluding carboxylic acids is 2. The molecule has 1 aliphatic heterocycles. The molecule has 0 atom stereocenters. The van der Waals surface area contributed by atoms with Crippen molar-refractivity contribution < 1.29 is 9.59 Å². The third-order valence-corrected chi connectivity index (χ3v) is 5.43. The van der Waals surface area contributed by atoms with Crippen molar-refractivity contribution >= 4 is 34.2 Å². The fourth-order valence-corrected chi connectivity index (χ4v) is 3.81. The van der Waals surface area contributed by atoms with Crippen LogP contribution >= 0.6 is 0 Å². The second-order valence-electron chi connectivity index (χ2n) is 8.29. The Labute approximate surface area is 176 Å². The van der Waals surface area contributed by atoms with Gasteiger partial charge in [-0.3, -0.25) is 9.59 Å². The van der Waals surface area contributed by atoms with Crippen molar-refractivity contribution in [2.24, 2.45) is 0 Å². The molecule has 2 amide bonds. The van der Waals surface area contributed by atoms with E-state index in [0.717, 1.165) is 23.2 Å². The Hall–Kier alpha value is -3.22. The molecule has 0 spiro atoms. The van der Waals surface area contributed by atoms with Gasteiger partial charge in [-0.25, -0.2) is 9.67 Å². The van der Waals surface area contributed by atoms with Crippen LogP contribution in [0, 0.1) is 0 Å². The largest absolute Gasteiger partial charge is 0.320 e. The van der Waals surface area contributed by atoms with Crippen LogP contribution in [0.2, 0.25) is 0 Å². The Bertz CT molecular complexity index is 1120. The van der Waals surface area contributed by atoms with Gasteiger partial charge in [-0.1, -0.05) is 26.0 Å². The Balaban J connectivity index is 1.75. The Morgan fingerprint density at radius 2 is 1.93 bits per heavy atom. The molecule has 3 heterocycles. The van der Waals surface area contributed by atoms with E-state index >= 15 is 0 Å². The number of para-hydroxylation sites is 2. The lowest BCUT2D eigenvalue weighted by atomic mass is 10.0. The summed E-state index contributed by atoms with van der Waals surface area (Å²) in [7, 11) is 0. The van der Waals surface area contributed by atoms with Crippen LogP contribution in [-0.2, 0) is 4.79 Å². The number of hydrogen-bond donors (Lipinski definition) is 1. The lowest BCUT2D eigenvalue weighted by molar-refractivity contribution is -0.117. The highest BCUT2D eigenvalue weighted by Crippen LogP contribution is 2.31. The molecule has 0 unspecified atom stereocenters. The summed E-state index contributed by atoms with van der Waals surface area (Å²) < 4.78 is 1.84. The number of carbonyl (C=O) groups is 2. The molecular weight excluding hydrogens is 378 g/mol. The van der Waals surface area contributed by atoms with Gasteiger partial charge in [0.1, 0.15) is 0 Å². The standard InChI is InChI=1S/C23H27N5O2/c1-14(2)19-12-16(17-13-24-28(15(3)4)22(17)25-19)23(30)26-18-8-5-6-9-20(18)27-11-7-10-21(27)29/h5-6,8-9,12-15H,7,10-11H2,1-4H3,(H,26,30). The molecule has 2 aromatic heterocycles. The van der Waals surface area contributed by atoms with Gasteiger partial charge in [0.15, 0.2) is 5.65 Å². The lowest BCUT2D eigenvalue weighted by Gasteiger charge is -2.20. The molecule has 1 aliphatic rings. The minimum atomic E-state index is -0.230. The van der Waals surface area contributed by atoms with E-state index in [1.54, 1.807) is 11.1 Å². The van der Waals surface area contributed by atoms with Crippen LogP contribution in [0.3, 0.4) is 0 Å². The van der Waals surface area contributed by atoms with Crippen LogP contribution < -0.4 is 10.2 Å². The van der Waals surface area contributed by atoms with Gasteiger partial charge in [0, 0.05) is 24.7 Å². The van der Waals surface area contributed by atoms with Crippen LogP contribution in [0.1, 0.15) is 68.5 Å². The normalized spacial score (nSPS) is 14.3. The molecule has 30 heavy (non-hydrogen) atoms. The van der Waals surface area contributed by atoms with Crippen molar-refractivity contribution in [3.63, 3.8) is 0 Å². The van der Waals surface area contributed by atoms with Gasteiger partial charge in [0.2, 0.25) is 5.91 Å². The molecule has 1 saturated heterocycles. The highest BCUT2D eigenvalue weighted by atomic mass is 16.2. The summed E-state index contributed by atoms with van der Waals surface area (Å²) in [6.45, 7) is 8.86. The molecule has 0 bridgehead atoms. The number of amides is 2. The molecule has 7 nitrogen and oxygen atoms in total. The maximum absolute atomic E-state index is 13.4. The predicted molar refractivity (Wildman–Crippen MR) is 118 cm³/mol. The zero-order valence-corrected chi connectivity index (χ0v) is 17.8. The summed E-state index contributed by atoms with van der Waals surface area (Å²) in [6.07, 6.45) is 3.08. The van der Waals surface area contributed by atoms with Gasteiger partial charge < -0.3 is 10.2 Å². The quantitative estimate of drug-likeness (QED) is 0.677. The van der Waals surface area contributed by atoms with Crippen molar-refractivity contribution in [2.75, 3.05) is 16.8 Å². The second-order valence-corrected chi connectivity index (χ2v) is 8.29. The number of nitrogens with zero attached hydrogens (tertiary/aromatic N) is 4. The smallest absolute Gasteiger partial charge is 0.256 e. The van der Waals surface area contributed by atoms with E-state index in [1.165, 1.54) is 0 Å². The molecule has 1 fully saturated rings. The first kappa shape index (κ1) is 20.1. The van der Waals surface area contributed by atoms with Crippen LogP contribution in [0.5, 0.6) is 0 Å². The van der Waals surface area contributed by atoms with Gasteiger partial charge in [-0.05, 0) is 44.4 Å². The fourth-order valence-electron chi connectivity index (χ4n) is 3.81. The SMILES string of the molecule is CC(C)c1cc(C(=O)Nc2ccccc2N2CCCC2=O)c2cnn(C(C)C)c2n1. The average molecular weight is 406 g/mol. The van der Waals surface area contributed by atoms with E-state index in [4.69, 9.17) is 4.98 Å². The maximum atomic E-state index is 13.4. The number of anilines is 2. The van der Waals surface area contributed by atoms with Crippen LogP contribution in [0.15, 0.2) is 36.5 Å². The molecule has 0 aliphatic carbocycles. The molecular formula is C23H27N5O2. The van der Waals surface area contributed by atoms with E-state index in [-0.39, 0.29) is 23.8 Å². The summed E-state index contributed by atoms with van der Waals surface area (Å²) >= 11 is 0. The Kier molecular flexibility index (Phi) is 5.28. The van der Waals surface area contributed by atoms with Gasteiger partial charge >= 0.3 is 0 Å². The number of aromatic nitrogens is 3. The van der Waals surface area contributed by atoms with Gasteiger partial charge in [0.25, 0.3) is 5.91 Å². The lowest BCUT2D eigenvalue weighted by Crippen LogP contribution is -2.25. The first-order valence-electron chi connectivity index (χ1n) is 10.5. The van der Waals surface area contributed by atoms with E-state index in [0.29, 0.717) is 29.9 Å². The minimum Gasteiger partial charge on any atom is -0.320 e. The summed E-state index contributed by atoms with van der Waals surface area (Å²) in [5, 5.41) is 8.20. The molecule has 0 saturated carbocycles. The van der Waals surface area contributed by atoms with Crippen molar-refractivity contribution in [3.8, 4) is 0 Å². The molecule has 7 heteroatoms. The molecule has 3 aromatic rings. The average Bonchev–Trinajstić information content (AvgIpc) is 3.33. The third-order valence-electron chi connectivity index (χ3n) is 5.43. The van der Waals surface area contributed by atoms with Gasteiger partial charge in [-0.2, -0.15) is 5.10 Å². The van der Waals surface area contributed by atoms with E-state index in [2.05, 4.69) is 24.3 Å². The topological polar surface area (TPSA) is 80.1 Å². The third kappa shape index (κ3) is 3.56. The van der Waals surface area contributed by atoms with Crippen molar-refractivity contribution in [2.45, 2.75) is 52.5 Å². The summed E-state index contributed by atoms with van der Waals surface area (Å²) in [6, 6.07) is 9.42. The van der Waals surface area contributed by atoms with Crippen molar-refractivity contribution in [1.29, 1.82) is 0 Å². The van der Waals surface area contributed by atoms with E-state index < -0.39 is 0 Å². The highest BCUT2D eigenvalue weighted by molar-refractivity contribution is 6.13. The minimum absolute atomic E-state index is 0.0864. The Morgan fingerprint density at radius 1 is 1.17 bits per heavy atom. The number of rotatable bonds is 5. The first-order valence-corrected chi connectivity index (χ1v) is 10.5. The van der Waals surface area contributed by atoms with E-state index in [1.807, 2.05) is 48.9 Å². The number of fused-ring (bicyclic) bond motifs is 1. The number of benzene rings is 1. The van der Waals surface area contributed by atoms with Gasteiger partial charge in [-0.15, -0.1) is 0 Å². The molecule has 1 N–H and O–H groups in total. The zero-order valence-electron chi connectivity index (χ0n) is 17.8. The maximum Gasteiger partial charge on any atom is 0.256 e. The monoisotopic (exact) mass is 405 g/mol. The zero-order chi connectivity index (χ0) is 21.4. The summed E-state index contributed by atoms with van der Waals surface area (Å²) in [5.74, 6) is 0.0287. The molecule has 1 aromatic carbocycles. The van der Waals surface area contributed by atoms with E-state index in [9.17, 15) is 9.59 Å². The Morgan fingerprint density at radius 3 is 2.60 bits per heavy atom. The van der Waals surface area contributed by atoms with Gasteiger partial charge in [0.05, 0.1) is 28.5 Å². The number of nitrogens with one attached hydrogen (secondary N) is 1. The number of pyridine rings is 1. The number of hydrogen-bond acceptors (Lipinski definition) is 4. The summed E-state index contributed by atoms with van der Waals surface area (Å²) in [5.41, 5.74) is 3.46. The molecule has 156 valence electrons. The van der Waals surface area contributed by atoms with Crippen LogP contribution in [-0.4, -0.2) is 33.1 Å². The predicted octanol–water partition coefficient (Wildman–Crippen LogP) is 4.51.